The van der Waals surface area contributed by atoms with Crippen LogP contribution >= 0.6 is 0 Å². The summed E-state index contributed by atoms with van der Waals surface area (Å²) in [5, 5.41) is 4.29. The van der Waals surface area contributed by atoms with Gasteiger partial charge >= 0.3 is 0 Å². The molecule has 1 amide bonds. The van der Waals surface area contributed by atoms with Gasteiger partial charge in [-0.15, -0.1) is 0 Å². The van der Waals surface area contributed by atoms with Crippen LogP contribution in [-0.4, -0.2) is 38.1 Å². The first-order valence-electron chi connectivity index (χ1n) is 8.54. The van der Waals surface area contributed by atoms with Gasteiger partial charge in [0, 0.05) is 34.6 Å². The van der Waals surface area contributed by atoms with E-state index >= 15 is 0 Å². The van der Waals surface area contributed by atoms with E-state index in [0.29, 0.717) is 23.4 Å². The van der Waals surface area contributed by atoms with Crippen LogP contribution in [0.4, 0.5) is 11.4 Å². The Hall–Kier alpha value is -3.39. The summed E-state index contributed by atoms with van der Waals surface area (Å²) in [6.45, 7) is 0. The number of fused-ring (bicyclic) bond motifs is 3. The summed E-state index contributed by atoms with van der Waals surface area (Å²) in [6.07, 6.45) is 3.34. The number of hydrogen-bond donors (Lipinski definition) is 2. The third-order valence-corrected chi connectivity index (χ3v) is 5.92. The van der Waals surface area contributed by atoms with Gasteiger partial charge in [0.25, 0.3) is 0 Å². The quantitative estimate of drug-likeness (QED) is 0.508. The predicted octanol–water partition coefficient (Wildman–Crippen LogP) is 3.35. The monoisotopic (exact) mass is 394 g/mol. The Labute approximate surface area is 162 Å². The number of sulfonamides is 1. The molecule has 0 bridgehead atoms. The van der Waals surface area contributed by atoms with E-state index in [1.807, 2.05) is 42.5 Å². The molecule has 4 aromatic rings. The molecule has 0 radical (unpaired) electrons. The average molecular weight is 394 g/mol. The maximum atomic E-state index is 12.2. The topological polar surface area (TPSA) is 95.2 Å². The van der Waals surface area contributed by atoms with E-state index in [9.17, 15) is 13.2 Å². The maximum absolute atomic E-state index is 12.2. The fraction of sp³-hybridized carbons (Fsp3) is 0.100. The first kappa shape index (κ1) is 18.0. The molecule has 0 unspecified atom stereocenters. The lowest BCUT2D eigenvalue weighted by atomic mass is 9.99. The Morgan fingerprint density at radius 1 is 1.14 bits per heavy atom. The van der Waals surface area contributed by atoms with E-state index in [1.165, 1.54) is 11.4 Å². The Morgan fingerprint density at radius 2 is 1.89 bits per heavy atom. The number of rotatable bonds is 5. The summed E-state index contributed by atoms with van der Waals surface area (Å²) in [5.74, 6) is 0. The fourth-order valence-electron chi connectivity index (χ4n) is 3.32. The molecule has 0 atom stereocenters. The van der Waals surface area contributed by atoms with Gasteiger partial charge in [-0.1, -0.05) is 30.3 Å². The molecule has 8 heteroatoms. The van der Waals surface area contributed by atoms with E-state index < -0.39 is 10.0 Å². The van der Waals surface area contributed by atoms with E-state index in [2.05, 4.69) is 15.3 Å². The minimum absolute atomic E-state index is 0.482. The summed E-state index contributed by atoms with van der Waals surface area (Å²) in [4.78, 5) is 18.6. The van der Waals surface area contributed by atoms with Crippen molar-refractivity contribution in [1.29, 1.82) is 0 Å². The third-order valence-electron chi connectivity index (χ3n) is 4.73. The van der Waals surface area contributed by atoms with Gasteiger partial charge in [0.2, 0.25) is 16.4 Å². The van der Waals surface area contributed by atoms with E-state index in [-0.39, 0.29) is 0 Å². The molecule has 0 saturated carbocycles. The van der Waals surface area contributed by atoms with Crippen molar-refractivity contribution >= 4 is 49.7 Å². The van der Waals surface area contributed by atoms with Crippen molar-refractivity contribution in [3.05, 3.63) is 54.7 Å². The molecule has 0 aliphatic carbocycles. The van der Waals surface area contributed by atoms with Crippen LogP contribution in [-0.2, 0) is 14.8 Å². The molecule has 0 fully saturated rings. The zero-order valence-corrected chi connectivity index (χ0v) is 16.1. The van der Waals surface area contributed by atoms with E-state index in [4.69, 9.17) is 0 Å². The number of nitrogens with one attached hydrogen (secondary N) is 2. The second-order valence-electron chi connectivity index (χ2n) is 6.49. The summed E-state index contributed by atoms with van der Waals surface area (Å²) >= 11 is 0. The van der Waals surface area contributed by atoms with Crippen molar-refractivity contribution in [2.24, 2.45) is 0 Å². The summed E-state index contributed by atoms with van der Waals surface area (Å²) in [6, 6.07) is 15.1. The number of anilines is 2. The molecule has 0 aliphatic rings. The highest BCUT2D eigenvalue weighted by atomic mass is 32.2. The van der Waals surface area contributed by atoms with Crippen molar-refractivity contribution in [3.63, 3.8) is 0 Å². The van der Waals surface area contributed by atoms with Gasteiger partial charge in [-0.3, -0.25) is 9.10 Å². The minimum atomic E-state index is -3.48. The van der Waals surface area contributed by atoms with Gasteiger partial charge in [0.05, 0.1) is 18.1 Å². The molecular formula is C20H18N4O3S. The molecule has 7 nitrogen and oxygen atoms in total. The van der Waals surface area contributed by atoms with Gasteiger partial charge in [-0.2, -0.15) is 0 Å². The number of amides is 1. The zero-order chi connectivity index (χ0) is 19.9. The number of carbonyl (C=O) groups excluding carboxylic acids is 1. The number of H-pyrrole nitrogens is 1. The van der Waals surface area contributed by atoms with Crippen LogP contribution in [0, 0.1) is 0 Å². The number of pyridine rings is 1. The zero-order valence-electron chi connectivity index (χ0n) is 15.3. The van der Waals surface area contributed by atoms with Crippen molar-refractivity contribution in [1.82, 2.24) is 9.97 Å². The fourth-order valence-corrected chi connectivity index (χ4v) is 3.81. The number of hydrogen-bond acceptors (Lipinski definition) is 4. The normalized spacial score (nSPS) is 11.6. The second kappa shape index (κ2) is 6.65. The predicted molar refractivity (Wildman–Crippen MR) is 112 cm³/mol. The number of carbonyl (C=O) groups is 1. The van der Waals surface area contributed by atoms with Crippen LogP contribution in [0.2, 0.25) is 0 Å². The Bertz CT molecular complexity index is 1300. The van der Waals surface area contributed by atoms with Gasteiger partial charge in [0.15, 0.2) is 0 Å². The van der Waals surface area contributed by atoms with Crippen molar-refractivity contribution in [2.45, 2.75) is 0 Å². The summed E-state index contributed by atoms with van der Waals surface area (Å²) < 4.78 is 25.7. The van der Waals surface area contributed by atoms with Crippen molar-refractivity contribution < 1.29 is 13.2 Å². The summed E-state index contributed by atoms with van der Waals surface area (Å²) in [7, 11) is -1.97. The van der Waals surface area contributed by atoms with Crippen molar-refractivity contribution in [3.8, 4) is 11.1 Å². The first-order chi connectivity index (χ1) is 13.4. The molecule has 28 heavy (non-hydrogen) atoms. The molecule has 2 aromatic carbocycles. The summed E-state index contributed by atoms with van der Waals surface area (Å²) in [5.41, 5.74) is 4.24. The molecule has 142 valence electrons. The number of benzene rings is 2. The Balaban J connectivity index is 2.15. The standard InChI is InChI=1S/C20H18N4O3S/c1-24(28(2,26)27)17-11-21-20-19(18(17)13-6-4-3-5-7-13)15-10-14(22-12-25)8-9-16(15)23-20/h3-12H,1-2H3,(H,21,23)(H,22,25). The van der Waals surface area contributed by atoms with Crippen molar-refractivity contribution in [2.75, 3.05) is 22.9 Å². The molecule has 2 heterocycles. The van der Waals surface area contributed by atoms with Gasteiger partial charge in [0.1, 0.15) is 5.65 Å². The molecule has 0 spiro atoms. The Kier molecular flexibility index (Phi) is 4.27. The van der Waals surface area contributed by atoms with Crippen LogP contribution in [0.15, 0.2) is 54.7 Å². The lowest BCUT2D eigenvalue weighted by molar-refractivity contribution is -0.105. The van der Waals surface area contributed by atoms with Crippen LogP contribution in [0.3, 0.4) is 0 Å². The SMILES string of the molecule is CN(c1cnc2[nH]c3ccc(NC=O)cc3c2c1-c1ccccc1)S(C)(=O)=O. The largest absolute Gasteiger partial charge is 0.339 e. The van der Waals surface area contributed by atoms with Gasteiger partial charge in [-0.25, -0.2) is 13.4 Å². The smallest absolute Gasteiger partial charge is 0.232 e. The third kappa shape index (κ3) is 2.97. The van der Waals surface area contributed by atoms with E-state index in [0.717, 1.165) is 33.7 Å². The van der Waals surface area contributed by atoms with Gasteiger partial charge in [-0.05, 0) is 23.8 Å². The van der Waals surface area contributed by atoms with Gasteiger partial charge < -0.3 is 10.3 Å². The van der Waals surface area contributed by atoms with Crippen LogP contribution in [0.25, 0.3) is 33.1 Å². The molecule has 2 N–H and O–H groups in total. The van der Waals surface area contributed by atoms with Crippen LogP contribution < -0.4 is 9.62 Å². The first-order valence-corrected chi connectivity index (χ1v) is 10.4. The highest BCUT2D eigenvalue weighted by Crippen LogP contribution is 2.40. The molecule has 0 saturated heterocycles. The molecular weight excluding hydrogens is 376 g/mol. The highest BCUT2D eigenvalue weighted by Gasteiger charge is 2.22. The van der Waals surface area contributed by atoms with E-state index in [1.54, 1.807) is 12.3 Å². The lowest BCUT2D eigenvalue weighted by Crippen LogP contribution is -2.25. The second-order valence-corrected chi connectivity index (χ2v) is 8.50. The number of aromatic nitrogens is 2. The molecule has 0 aliphatic heterocycles. The number of aromatic amines is 1. The molecule has 4 rings (SSSR count). The number of nitrogens with zero attached hydrogens (tertiary/aromatic N) is 2. The minimum Gasteiger partial charge on any atom is -0.339 e. The van der Waals surface area contributed by atoms with Crippen LogP contribution in [0.5, 0.6) is 0 Å². The highest BCUT2D eigenvalue weighted by molar-refractivity contribution is 7.92. The Morgan fingerprint density at radius 3 is 2.57 bits per heavy atom. The lowest BCUT2D eigenvalue weighted by Gasteiger charge is -2.21. The average Bonchev–Trinajstić information content (AvgIpc) is 3.05. The van der Waals surface area contributed by atoms with Crippen LogP contribution in [0.1, 0.15) is 0 Å². The maximum Gasteiger partial charge on any atom is 0.232 e. The molecule has 2 aromatic heterocycles.